The summed E-state index contributed by atoms with van der Waals surface area (Å²) < 4.78 is 16.5. The van der Waals surface area contributed by atoms with E-state index in [1.807, 2.05) is 61.5 Å². The van der Waals surface area contributed by atoms with Gasteiger partial charge < -0.3 is 14.2 Å². The van der Waals surface area contributed by atoms with E-state index in [1.54, 1.807) is 48.5 Å². The number of nitrogens with one attached hydrogen (secondary N) is 1. The van der Waals surface area contributed by atoms with Gasteiger partial charge in [-0.25, -0.2) is 10.2 Å². The van der Waals surface area contributed by atoms with Crippen molar-refractivity contribution in [3.8, 4) is 28.4 Å². The van der Waals surface area contributed by atoms with Crippen LogP contribution in [0.5, 0.6) is 17.2 Å². The highest BCUT2D eigenvalue weighted by Crippen LogP contribution is 2.22. The van der Waals surface area contributed by atoms with Crippen LogP contribution < -0.4 is 19.6 Å². The summed E-state index contributed by atoms with van der Waals surface area (Å²) in [4.78, 5) is 24.4. The van der Waals surface area contributed by atoms with Gasteiger partial charge in [-0.3, -0.25) is 4.79 Å². The number of hydrogen-bond donors (Lipinski definition) is 1. The molecule has 1 N–H and O–H groups in total. The maximum absolute atomic E-state index is 12.4. The number of carbonyl (C=O) groups is 2. The van der Waals surface area contributed by atoms with E-state index in [4.69, 9.17) is 14.2 Å². The van der Waals surface area contributed by atoms with Gasteiger partial charge in [0.2, 0.25) is 0 Å². The van der Waals surface area contributed by atoms with E-state index in [1.165, 1.54) is 6.21 Å². The standard InChI is InChI=1S/C31H28N2O5/c1-2-20-36-27-18-12-26(13-19-27)31(35)38-29-14-8-23(9-15-29)21-32-33-30(34)22-37-28-16-10-25(11-17-28)24-6-4-3-5-7-24/h3-19,21H,2,20,22H2,1H3,(H,33,34)/b32-21-. The van der Waals surface area contributed by atoms with Crippen molar-refractivity contribution in [3.63, 3.8) is 0 Å². The first-order chi connectivity index (χ1) is 18.6. The van der Waals surface area contributed by atoms with Crippen molar-refractivity contribution in [1.29, 1.82) is 0 Å². The molecule has 0 heterocycles. The molecule has 0 atom stereocenters. The van der Waals surface area contributed by atoms with Crippen LogP contribution >= 0.6 is 0 Å². The van der Waals surface area contributed by atoms with Crippen LogP contribution in [-0.4, -0.2) is 31.3 Å². The molecule has 0 saturated carbocycles. The van der Waals surface area contributed by atoms with Gasteiger partial charge in [0.1, 0.15) is 17.2 Å². The molecule has 0 radical (unpaired) electrons. The molecule has 38 heavy (non-hydrogen) atoms. The van der Waals surface area contributed by atoms with Gasteiger partial charge in [0.25, 0.3) is 5.91 Å². The van der Waals surface area contributed by atoms with Crippen LogP contribution in [0.2, 0.25) is 0 Å². The number of ether oxygens (including phenoxy) is 3. The van der Waals surface area contributed by atoms with Crippen molar-refractivity contribution in [1.82, 2.24) is 5.43 Å². The van der Waals surface area contributed by atoms with Crippen molar-refractivity contribution >= 4 is 18.1 Å². The molecule has 7 heteroatoms. The second-order valence-electron chi connectivity index (χ2n) is 8.30. The van der Waals surface area contributed by atoms with Crippen LogP contribution in [-0.2, 0) is 4.79 Å². The number of rotatable bonds is 11. The van der Waals surface area contributed by atoms with Crippen LogP contribution in [0.15, 0.2) is 108 Å². The molecule has 0 aliphatic carbocycles. The molecule has 4 aromatic carbocycles. The quantitative estimate of drug-likeness (QED) is 0.118. The van der Waals surface area contributed by atoms with Crippen LogP contribution in [0.25, 0.3) is 11.1 Å². The Bertz CT molecular complexity index is 1350. The van der Waals surface area contributed by atoms with Gasteiger partial charge in [-0.05, 0) is 83.8 Å². The van der Waals surface area contributed by atoms with Crippen LogP contribution in [0.1, 0.15) is 29.3 Å². The highest BCUT2D eigenvalue weighted by molar-refractivity contribution is 5.91. The van der Waals surface area contributed by atoms with Crippen molar-refractivity contribution < 1.29 is 23.8 Å². The van der Waals surface area contributed by atoms with E-state index < -0.39 is 5.97 Å². The molecular formula is C31H28N2O5. The number of hydrazone groups is 1. The largest absolute Gasteiger partial charge is 0.494 e. The Morgan fingerprint density at radius 3 is 2.03 bits per heavy atom. The Morgan fingerprint density at radius 2 is 1.34 bits per heavy atom. The van der Waals surface area contributed by atoms with Gasteiger partial charge in [0, 0.05) is 0 Å². The van der Waals surface area contributed by atoms with Crippen LogP contribution in [0, 0.1) is 0 Å². The van der Waals surface area contributed by atoms with Crippen molar-refractivity contribution in [3.05, 3.63) is 114 Å². The van der Waals surface area contributed by atoms with Crippen LogP contribution in [0.4, 0.5) is 0 Å². The minimum Gasteiger partial charge on any atom is -0.494 e. The molecule has 4 rings (SSSR count). The summed E-state index contributed by atoms with van der Waals surface area (Å²) in [5.41, 5.74) is 5.76. The average molecular weight is 509 g/mol. The Hall–Kier alpha value is -4.91. The highest BCUT2D eigenvalue weighted by atomic mass is 16.5. The molecule has 0 aliphatic rings. The zero-order valence-electron chi connectivity index (χ0n) is 21.0. The first-order valence-corrected chi connectivity index (χ1v) is 12.3. The van der Waals surface area contributed by atoms with Gasteiger partial charge in [0.15, 0.2) is 6.61 Å². The molecule has 0 aromatic heterocycles. The number of nitrogens with zero attached hydrogens (tertiary/aromatic N) is 1. The monoisotopic (exact) mass is 508 g/mol. The zero-order valence-corrected chi connectivity index (χ0v) is 21.0. The van der Waals surface area contributed by atoms with Crippen molar-refractivity contribution in [2.24, 2.45) is 5.10 Å². The molecule has 0 fully saturated rings. The van der Waals surface area contributed by atoms with E-state index >= 15 is 0 Å². The van der Waals surface area contributed by atoms with Gasteiger partial charge in [0.05, 0.1) is 18.4 Å². The fraction of sp³-hybridized carbons (Fsp3) is 0.129. The number of esters is 1. The van der Waals surface area contributed by atoms with Gasteiger partial charge in [-0.2, -0.15) is 5.10 Å². The Morgan fingerprint density at radius 1 is 0.737 bits per heavy atom. The fourth-order valence-corrected chi connectivity index (χ4v) is 3.43. The Labute approximate surface area is 221 Å². The predicted molar refractivity (Wildman–Crippen MR) is 147 cm³/mol. The smallest absolute Gasteiger partial charge is 0.343 e. The topological polar surface area (TPSA) is 86.2 Å². The third kappa shape index (κ3) is 7.80. The predicted octanol–water partition coefficient (Wildman–Crippen LogP) is 5.89. The summed E-state index contributed by atoms with van der Waals surface area (Å²) >= 11 is 0. The van der Waals surface area contributed by atoms with E-state index in [2.05, 4.69) is 10.5 Å². The lowest BCUT2D eigenvalue weighted by Crippen LogP contribution is -2.24. The minimum atomic E-state index is -0.463. The lowest BCUT2D eigenvalue weighted by atomic mass is 10.1. The summed E-state index contributed by atoms with van der Waals surface area (Å²) in [6, 6.07) is 31.1. The third-order valence-corrected chi connectivity index (χ3v) is 5.39. The van der Waals surface area contributed by atoms with Crippen LogP contribution in [0.3, 0.4) is 0 Å². The molecule has 192 valence electrons. The maximum atomic E-state index is 12.4. The molecule has 7 nitrogen and oxygen atoms in total. The molecule has 0 aliphatic heterocycles. The lowest BCUT2D eigenvalue weighted by Gasteiger charge is -2.07. The van der Waals surface area contributed by atoms with Gasteiger partial charge in [-0.15, -0.1) is 0 Å². The maximum Gasteiger partial charge on any atom is 0.343 e. The van der Waals surface area contributed by atoms with Gasteiger partial charge in [-0.1, -0.05) is 49.4 Å². The Balaban J connectivity index is 1.20. The third-order valence-electron chi connectivity index (χ3n) is 5.39. The summed E-state index contributed by atoms with van der Waals surface area (Å²) in [5.74, 6) is 0.854. The highest BCUT2D eigenvalue weighted by Gasteiger charge is 2.09. The zero-order chi connectivity index (χ0) is 26.6. The van der Waals surface area contributed by atoms with E-state index in [0.717, 1.165) is 23.1 Å². The molecule has 0 spiro atoms. The molecule has 0 bridgehead atoms. The molecular weight excluding hydrogens is 480 g/mol. The molecule has 0 saturated heterocycles. The minimum absolute atomic E-state index is 0.164. The second-order valence-corrected chi connectivity index (χ2v) is 8.30. The number of benzene rings is 4. The molecule has 0 unspecified atom stereocenters. The number of hydrogen-bond acceptors (Lipinski definition) is 6. The first-order valence-electron chi connectivity index (χ1n) is 12.3. The summed E-state index contributed by atoms with van der Waals surface area (Å²) in [6.45, 7) is 2.49. The van der Waals surface area contributed by atoms with E-state index in [9.17, 15) is 9.59 Å². The van der Waals surface area contributed by atoms with Gasteiger partial charge >= 0.3 is 5.97 Å². The fourth-order valence-electron chi connectivity index (χ4n) is 3.43. The molecule has 4 aromatic rings. The molecule has 1 amide bonds. The van der Waals surface area contributed by atoms with E-state index in [-0.39, 0.29) is 12.5 Å². The summed E-state index contributed by atoms with van der Waals surface area (Å²) in [6.07, 6.45) is 2.41. The lowest BCUT2D eigenvalue weighted by molar-refractivity contribution is -0.123. The number of carbonyl (C=O) groups excluding carboxylic acids is 2. The SMILES string of the molecule is CCCOc1ccc(C(=O)Oc2ccc(/C=N\NC(=O)COc3ccc(-c4ccccc4)cc3)cc2)cc1. The average Bonchev–Trinajstić information content (AvgIpc) is 2.97. The Kier molecular flexibility index (Phi) is 9.23. The summed E-state index contributed by atoms with van der Waals surface area (Å²) in [7, 11) is 0. The van der Waals surface area contributed by atoms with E-state index in [0.29, 0.717) is 29.4 Å². The van der Waals surface area contributed by atoms with Crippen molar-refractivity contribution in [2.75, 3.05) is 13.2 Å². The first kappa shape index (κ1) is 26.2. The number of amides is 1. The second kappa shape index (κ2) is 13.4. The van der Waals surface area contributed by atoms with Crippen molar-refractivity contribution in [2.45, 2.75) is 13.3 Å². The normalized spacial score (nSPS) is 10.7. The summed E-state index contributed by atoms with van der Waals surface area (Å²) in [5, 5.41) is 3.95.